The summed E-state index contributed by atoms with van der Waals surface area (Å²) < 4.78 is 40.5. The van der Waals surface area contributed by atoms with E-state index in [2.05, 4.69) is 4.98 Å². The number of carbonyl (C=O) groups is 1. The number of alkyl halides is 3. The third-order valence-electron chi connectivity index (χ3n) is 6.58. The Morgan fingerprint density at radius 1 is 1.24 bits per heavy atom. The first-order valence-electron chi connectivity index (χ1n) is 12.0. The molecule has 1 saturated heterocycles. The number of carboxylic acid groups (broad SMARTS) is 1. The number of H-pyrrole nitrogens is 1. The van der Waals surface area contributed by atoms with Crippen molar-refractivity contribution in [2.24, 2.45) is 5.92 Å². The largest absolute Gasteiger partial charge is 0.507 e. The highest BCUT2D eigenvalue weighted by molar-refractivity contribution is 7.99. The Morgan fingerprint density at radius 3 is 2.71 bits per heavy atom. The van der Waals surface area contributed by atoms with Gasteiger partial charge < -0.3 is 25.2 Å². The molecule has 1 fully saturated rings. The van der Waals surface area contributed by atoms with Crippen LogP contribution in [0.1, 0.15) is 24.8 Å². The van der Waals surface area contributed by atoms with Gasteiger partial charge in [-0.2, -0.15) is 13.2 Å². The van der Waals surface area contributed by atoms with Crippen LogP contribution in [0, 0.1) is 5.92 Å². The molecule has 12 heteroatoms. The van der Waals surface area contributed by atoms with E-state index in [0.29, 0.717) is 25.9 Å². The third kappa shape index (κ3) is 6.45. The number of nitrogens with one attached hydrogen (secondary N) is 1. The summed E-state index contributed by atoms with van der Waals surface area (Å²) >= 11 is 7.09. The van der Waals surface area contributed by atoms with Crippen molar-refractivity contribution in [3.63, 3.8) is 0 Å². The lowest BCUT2D eigenvalue weighted by Crippen LogP contribution is -2.40. The summed E-state index contributed by atoms with van der Waals surface area (Å²) in [5.74, 6) is -1.50. The molecule has 4 rings (SSSR count). The van der Waals surface area contributed by atoms with Crippen molar-refractivity contribution in [1.82, 2.24) is 9.88 Å². The van der Waals surface area contributed by atoms with Crippen LogP contribution in [0.5, 0.6) is 5.75 Å². The van der Waals surface area contributed by atoms with Gasteiger partial charge in [-0.25, -0.2) is 0 Å². The van der Waals surface area contributed by atoms with Gasteiger partial charge in [0.25, 0.3) is 5.56 Å². The fourth-order valence-corrected chi connectivity index (χ4v) is 5.86. The summed E-state index contributed by atoms with van der Waals surface area (Å²) in [6.45, 7) is 1.60. The first kappa shape index (κ1) is 28.3. The molecule has 38 heavy (non-hydrogen) atoms. The smallest absolute Gasteiger partial charge is 0.416 e. The number of carboxylic acids is 1. The highest BCUT2D eigenvalue weighted by Crippen LogP contribution is 2.42. The first-order valence-corrected chi connectivity index (χ1v) is 13.3. The standard InChI is InChI=1S/C26H26ClF3N2O5S/c27-16-4-6-21(34)19(11-16)22-18-10-15(26(28,29)30)3-5-20(18)31-24(35)23(22)38-13-17(33)7-9-32-8-1-2-14(12-32)25(36)37/h3-6,10-11,14,17,33-34H,1-2,7-9,12-13H2,(H,31,35)(H,36,37). The molecule has 0 saturated carbocycles. The molecule has 4 N–H and O–H groups in total. The van der Waals surface area contributed by atoms with Crippen molar-refractivity contribution >= 4 is 40.2 Å². The van der Waals surface area contributed by atoms with E-state index in [9.17, 15) is 38.1 Å². The number of phenols is 1. The highest BCUT2D eigenvalue weighted by Gasteiger charge is 2.31. The third-order valence-corrected chi connectivity index (χ3v) is 8.04. The summed E-state index contributed by atoms with van der Waals surface area (Å²) in [5, 5.41) is 30.7. The number of thioether (sulfide) groups is 1. The number of aliphatic carboxylic acids is 1. The summed E-state index contributed by atoms with van der Waals surface area (Å²) in [7, 11) is 0. The number of aromatic amines is 1. The van der Waals surface area contributed by atoms with Crippen LogP contribution < -0.4 is 5.56 Å². The Labute approximate surface area is 225 Å². The van der Waals surface area contributed by atoms with E-state index in [0.717, 1.165) is 42.9 Å². The van der Waals surface area contributed by atoms with Crippen LogP contribution in [0.3, 0.4) is 0 Å². The van der Waals surface area contributed by atoms with E-state index in [1.807, 2.05) is 4.90 Å². The minimum Gasteiger partial charge on any atom is -0.507 e. The summed E-state index contributed by atoms with van der Waals surface area (Å²) in [4.78, 5) is 29.0. The molecule has 0 spiro atoms. The number of likely N-dealkylation sites (tertiary alicyclic amines) is 1. The Kier molecular flexibility index (Phi) is 8.61. The van der Waals surface area contributed by atoms with Crippen molar-refractivity contribution in [1.29, 1.82) is 0 Å². The van der Waals surface area contributed by atoms with Crippen LogP contribution in [0.2, 0.25) is 5.02 Å². The lowest BCUT2D eigenvalue weighted by atomic mass is 9.98. The number of nitrogens with zero attached hydrogens (tertiary/aromatic N) is 1. The quantitative estimate of drug-likeness (QED) is 0.275. The summed E-state index contributed by atoms with van der Waals surface area (Å²) in [5.41, 5.74) is -1.16. The Morgan fingerprint density at radius 2 is 2.00 bits per heavy atom. The number of halogens is 4. The molecule has 0 bridgehead atoms. The van der Waals surface area contributed by atoms with Crippen LogP contribution in [0.15, 0.2) is 46.1 Å². The molecule has 7 nitrogen and oxygen atoms in total. The van der Waals surface area contributed by atoms with Gasteiger partial charge in [0.2, 0.25) is 0 Å². The zero-order valence-corrected chi connectivity index (χ0v) is 21.7. The number of hydrogen-bond donors (Lipinski definition) is 4. The topological polar surface area (TPSA) is 114 Å². The number of piperidine rings is 1. The zero-order valence-electron chi connectivity index (χ0n) is 20.1. The lowest BCUT2D eigenvalue weighted by Gasteiger charge is -2.31. The summed E-state index contributed by atoms with van der Waals surface area (Å²) in [6, 6.07) is 7.04. The van der Waals surface area contributed by atoms with Gasteiger partial charge in [0, 0.05) is 45.9 Å². The predicted molar refractivity (Wildman–Crippen MR) is 140 cm³/mol. The predicted octanol–water partition coefficient (Wildman–Crippen LogP) is 5.21. The number of rotatable bonds is 8. The van der Waals surface area contributed by atoms with Crippen molar-refractivity contribution in [3.05, 3.63) is 57.3 Å². The maximum atomic E-state index is 13.5. The fraction of sp³-hybridized carbons (Fsp3) is 0.385. The van der Waals surface area contributed by atoms with Crippen molar-refractivity contribution in [2.45, 2.75) is 36.4 Å². The van der Waals surface area contributed by atoms with E-state index in [4.69, 9.17) is 11.6 Å². The number of benzene rings is 2. The second-order valence-corrected chi connectivity index (χ2v) is 10.8. The number of hydrogen-bond acceptors (Lipinski definition) is 6. The molecule has 2 atom stereocenters. The van der Waals surface area contributed by atoms with Gasteiger partial charge in [-0.15, -0.1) is 11.8 Å². The maximum absolute atomic E-state index is 13.5. The SMILES string of the molecule is O=C(O)C1CCCN(CCC(O)CSc2c(-c3cc(Cl)ccc3O)c3cc(C(F)(F)F)ccc3[nH]c2=O)C1. The Hall–Kier alpha value is -2.73. The van der Waals surface area contributed by atoms with E-state index >= 15 is 0 Å². The van der Waals surface area contributed by atoms with Crippen LogP contribution >= 0.6 is 23.4 Å². The van der Waals surface area contributed by atoms with E-state index in [-0.39, 0.29) is 43.5 Å². The van der Waals surface area contributed by atoms with Crippen LogP contribution in [-0.2, 0) is 11.0 Å². The van der Waals surface area contributed by atoms with Crippen LogP contribution in [0.25, 0.3) is 22.0 Å². The average Bonchev–Trinajstić information content (AvgIpc) is 2.86. The molecule has 3 aromatic rings. The number of pyridine rings is 1. The van der Waals surface area contributed by atoms with Gasteiger partial charge in [-0.3, -0.25) is 9.59 Å². The molecule has 2 aromatic carbocycles. The number of aliphatic hydroxyl groups is 1. The maximum Gasteiger partial charge on any atom is 0.416 e. The lowest BCUT2D eigenvalue weighted by molar-refractivity contribution is -0.143. The zero-order chi connectivity index (χ0) is 27.6. The van der Waals surface area contributed by atoms with E-state index in [1.54, 1.807) is 0 Å². The molecule has 0 radical (unpaired) electrons. The minimum absolute atomic E-state index is 0.0392. The number of fused-ring (bicyclic) bond motifs is 1. The number of aromatic hydroxyl groups is 1. The number of aromatic nitrogens is 1. The molecule has 2 heterocycles. The molecular formula is C26H26ClF3N2O5S. The van der Waals surface area contributed by atoms with Gasteiger partial charge in [0.15, 0.2) is 0 Å². The highest BCUT2D eigenvalue weighted by atomic mass is 35.5. The average molecular weight is 571 g/mol. The Balaban J connectivity index is 1.64. The van der Waals surface area contributed by atoms with Crippen LogP contribution in [-0.4, -0.2) is 62.7 Å². The second-order valence-electron chi connectivity index (χ2n) is 9.31. The monoisotopic (exact) mass is 570 g/mol. The van der Waals surface area contributed by atoms with Gasteiger partial charge in [0.05, 0.1) is 22.5 Å². The molecule has 2 unspecified atom stereocenters. The molecular weight excluding hydrogens is 545 g/mol. The van der Waals surface area contributed by atoms with Gasteiger partial charge >= 0.3 is 12.1 Å². The van der Waals surface area contributed by atoms with Gasteiger partial charge in [-0.1, -0.05) is 11.6 Å². The number of aliphatic hydroxyl groups excluding tert-OH is 1. The molecule has 0 amide bonds. The Bertz CT molecular complexity index is 1400. The van der Waals surface area contributed by atoms with Crippen molar-refractivity contribution < 1.29 is 33.3 Å². The molecule has 1 aromatic heterocycles. The molecule has 204 valence electrons. The van der Waals surface area contributed by atoms with Crippen molar-refractivity contribution in [3.8, 4) is 16.9 Å². The normalized spacial score (nSPS) is 17.6. The number of phenolic OH excluding ortho intramolecular Hbond substituents is 1. The molecule has 1 aliphatic rings. The first-order chi connectivity index (χ1) is 17.9. The second kappa shape index (κ2) is 11.6. The van der Waals surface area contributed by atoms with Gasteiger partial charge in [-0.05, 0) is 62.2 Å². The molecule has 0 aliphatic carbocycles. The van der Waals surface area contributed by atoms with Crippen molar-refractivity contribution in [2.75, 3.05) is 25.4 Å². The van der Waals surface area contributed by atoms with E-state index < -0.39 is 35.3 Å². The van der Waals surface area contributed by atoms with E-state index in [1.165, 1.54) is 18.2 Å². The summed E-state index contributed by atoms with van der Waals surface area (Å²) in [6.07, 6.45) is -3.82. The minimum atomic E-state index is -4.63. The van der Waals surface area contributed by atoms with Crippen LogP contribution in [0.4, 0.5) is 13.2 Å². The fourth-order valence-electron chi connectivity index (χ4n) is 4.62. The molecule has 1 aliphatic heterocycles. The van der Waals surface area contributed by atoms with Gasteiger partial charge in [0.1, 0.15) is 5.75 Å².